The molecule has 0 aromatic carbocycles. The average Bonchev–Trinajstić information content (AvgIpc) is 2.81. The normalized spacial score (nSPS) is 21.1. The quantitative estimate of drug-likeness (QED) is 0.865. The van der Waals surface area contributed by atoms with Crippen LogP contribution in [-0.2, 0) is 0 Å². The number of nitrogens with two attached hydrogens (primary N) is 2. The topological polar surface area (TPSA) is 89.4 Å². The lowest BCUT2D eigenvalue weighted by Gasteiger charge is -2.42. The summed E-state index contributed by atoms with van der Waals surface area (Å²) in [5.41, 5.74) is 11.6. The fourth-order valence-corrected chi connectivity index (χ4v) is 3.14. The molecule has 20 heavy (non-hydrogen) atoms. The molecule has 1 aliphatic heterocycles. The Labute approximate surface area is 128 Å². The summed E-state index contributed by atoms with van der Waals surface area (Å²) < 4.78 is 0. The van der Waals surface area contributed by atoms with Gasteiger partial charge < -0.3 is 16.4 Å². The number of amides is 2. The first-order chi connectivity index (χ1) is 8.81. The Morgan fingerprint density at radius 3 is 2.60 bits per heavy atom. The van der Waals surface area contributed by atoms with E-state index in [0.717, 1.165) is 6.42 Å². The Balaban J connectivity index is 0.00000200. The molecule has 1 fully saturated rings. The van der Waals surface area contributed by atoms with Gasteiger partial charge in [0.15, 0.2) is 0 Å². The minimum atomic E-state index is -0.503. The summed E-state index contributed by atoms with van der Waals surface area (Å²) in [7, 11) is 0. The Morgan fingerprint density at radius 2 is 2.10 bits per heavy atom. The van der Waals surface area contributed by atoms with Crippen LogP contribution in [0.25, 0.3) is 0 Å². The van der Waals surface area contributed by atoms with Crippen LogP contribution in [0, 0.1) is 5.41 Å². The van der Waals surface area contributed by atoms with Crippen molar-refractivity contribution in [1.29, 1.82) is 0 Å². The molecular formula is C13H20ClN3O2S. The third-order valence-corrected chi connectivity index (χ3v) is 4.61. The van der Waals surface area contributed by atoms with Crippen molar-refractivity contribution in [2.45, 2.75) is 26.3 Å². The zero-order valence-electron chi connectivity index (χ0n) is 11.6. The predicted molar refractivity (Wildman–Crippen MR) is 82.4 cm³/mol. The summed E-state index contributed by atoms with van der Waals surface area (Å²) in [6, 6.07) is 1.68. The Morgan fingerprint density at radius 1 is 1.45 bits per heavy atom. The molecule has 7 heteroatoms. The molecule has 0 bridgehead atoms. The molecule has 0 spiro atoms. The largest absolute Gasteiger partial charge is 0.366 e. The summed E-state index contributed by atoms with van der Waals surface area (Å²) >= 11 is 1.26. The van der Waals surface area contributed by atoms with E-state index in [9.17, 15) is 9.59 Å². The summed E-state index contributed by atoms with van der Waals surface area (Å²) in [5.74, 6) is -0.547. The van der Waals surface area contributed by atoms with Crippen LogP contribution >= 0.6 is 23.7 Å². The first-order valence-corrected chi connectivity index (χ1v) is 7.12. The van der Waals surface area contributed by atoms with E-state index in [1.54, 1.807) is 16.3 Å². The molecule has 0 radical (unpaired) electrons. The van der Waals surface area contributed by atoms with E-state index in [1.807, 2.05) is 0 Å². The maximum atomic E-state index is 12.4. The van der Waals surface area contributed by atoms with Crippen molar-refractivity contribution >= 4 is 35.6 Å². The van der Waals surface area contributed by atoms with Crippen molar-refractivity contribution in [3.8, 4) is 0 Å². The number of rotatable bonds is 2. The highest BCUT2D eigenvalue weighted by atomic mass is 35.5. The minimum absolute atomic E-state index is 0. The molecule has 0 saturated carbocycles. The smallest absolute Gasteiger partial charge is 0.263 e. The van der Waals surface area contributed by atoms with E-state index < -0.39 is 5.91 Å². The second-order valence-electron chi connectivity index (χ2n) is 5.67. The van der Waals surface area contributed by atoms with Gasteiger partial charge >= 0.3 is 0 Å². The number of carbonyl (C=O) groups is 2. The molecule has 5 nitrogen and oxygen atoms in total. The van der Waals surface area contributed by atoms with Gasteiger partial charge in [-0.3, -0.25) is 9.59 Å². The molecule has 1 aromatic rings. The second-order valence-corrected chi connectivity index (χ2v) is 6.59. The van der Waals surface area contributed by atoms with Crippen molar-refractivity contribution in [2.24, 2.45) is 16.9 Å². The number of likely N-dealkylation sites (tertiary alicyclic amines) is 1. The number of halogens is 1. The van der Waals surface area contributed by atoms with Crippen LogP contribution in [-0.4, -0.2) is 35.8 Å². The second kappa shape index (κ2) is 6.11. The highest BCUT2D eigenvalue weighted by Gasteiger charge is 2.35. The highest BCUT2D eigenvalue weighted by Crippen LogP contribution is 2.29. The van der Waals surface area contributed by atoms with E-state index in [2.05, 4.69) is 13.8 Å². The van der Waals surface area contributed by atoms with Crippen LogP contribution in [0.4, 0.5) is 0 Å². The number of piperidine rings is 1. The van der Waals surface area contributed by atoms with Crippen LogP contribution < -0.4 is 11.5 Å². The van der Waals surface area contributed by atoms with E-state index >= 15 is 0 Å². The number of primary amides is 1. The zero-order valence-corrected chi connectivity index (χ0v) is 13.2. The molecule has 1 atom stereocenters. The van der Waals surface area contributed by atoms with Crippen LogP contribution in [0.1, 0.15) is 40.3 Å². The Bertz CT molecular complexity index is 515. The summed E-state index contributed by atoms with van der Waals surface area (Å²) in [4.78, 5) is 25.8. The minimum Gasteiger partial charge on any atom is -0.366 e. The van der Waals surface area contributed by atoms with Gasteiger partial charge in [0.25, 0.3) is 5.91 Å². The summed E-state index contributed by atoms with van der Waals surface area (Å²) in [6.45, 7) is 5.44. The molecule has 1 aliphatic rings. The Kier molecular flexibility index (Phi) is 5.18. The Hall–Kier alpha value is -1.11. The van der Waals surface area contributed by atoms with Crippen molar-refractivity contribution in [2.75, 3.05) is 13.1 Å². The third kappa shape index (κ3) is 3.31. The van der Waals surface area contributed by atoms with Gasteiger partial charge in [0.05, 0.1) is 10.4 Å². The van der Waals surface area contributed by atoms with Crippen molar-refractivity contribution in [3.05, 3.63) is 21.9 Å². The first kappa shape index (κ1) is 16.9. The van der Waals surface area contributed by atoms with E-state index in [1.165, 1.54) is 11.3 Å². The molecule has 112 valence electrons. The highest BCUT2D eigenvalue weighted by molar-refractivity contribution is 7.12. The van der Waals surface area contributed by atoms with Gasteiger partial charge in [-0.1, -0.05) is 13.8 Å². The standard InChI is InChI=1S/C13H19N3O2S.ClH/c1-13(2)7-16(4-3-10(13)14)12(18)9-5-8(6-19-9)11(15)17;/h5-6,10H,3-4,7,14H2,1-2H3,(H2,15,17);1H. The number of hydrogen-bond acceptors (Lipinski definition) is 4. The molecule has 0 aliphatic carbocycles. The average molecular weight is 318 g/mol. The van der Waals surface area contributed by atoms with Gasteiger partial charge in [0, 0.05) is 24.5 Å². The summed E-state index contributed by atoms with van der Waals surface area (Å²) in [6.07, 6.45) is 0.798. The van der Waals surface area contributed by atoms with Crippen molar-refractivity contribution in [1.82, 2.24) is 4.90 Å². The first-order valence-electron chi connectivity index (χ1n) is 6.24. The molecule has 2 rings (SSSR count). The van der Waals surface area contributed by atoms with Crippen LogP contribution in [0.2, 0.25) is 0 Å². The SMILES string of the molecule is CC1(C)CN(C(=O)c2cc(C(N)=O)cs2)CCC1N.Cl. The fraction of sp³-hybridized carbons (Fsp3) is 0.538. The lowest BCUT2D eigenvalue weighted by atomic mass is 9.79. The molecule has 4 N–H and O–H groups in total. The maximum absolute atomic E-state index is 12.4. The van der Waals surface area contributed by atoms with Gasteiger partial charge in [0.2, 0.25) is 5.91 Å². The van der Waals surface area contributed by atoms with Gasteiger partial charge in [-0.15, -0.1) is 23.7 Å². The van der Waals surface area contributed by atoms with Gasteiger partial charge in [0.1, 0.15) is 0 Å². The molecule has 2 heterocycles. The lowest BCUT2D eigenvalue weighted by molar-refractivity contribution is 0.0537. The zero-order chi connectivity index (χ0) is 14.2. The summed E-state index contributed by atoms with van der Waals surface area (Å²) in [5, 5.41) is 1.62. The van der Waals surface area contributed by atoms with E-state index in [4.69, 9.17) is 11.5 Å². The van der Waals surface area contributed by atoms with Crippen molar-refractivity contribution in [3.63, 3.8) is 0 Å². The molecule has 2 amide bonds. The number of thiophene rings is 1. The molecule has 1 aromatic heterocycles. The van der Waals surface area contributed by atoms with Crippen LogP contribution in [0.15, 0.2) is 11.4 Å². The van der Waals surface area contributed by atoms with Gasteiger partial charge in [-0.05, 0) is 17.9 Å². The fourth-order valence-electron chi connectivity index (χ4n) is 2.28. The molecule has 1 unspecified atom stereocenters. The van der Waals surface area contributed by atoms with Crippen molar-refractivity contribution < 1.29 is 9.59 Å². The van der Waals surface area contributed by atoms with Gasteiger partial charge in [-0.2, -0.15) is 0 Å². The predicted octanol–water partition coefficient (Wildman–Crippen LogP) is 1.47. The van der Waals surface area contributed by atoms with E-state index in [-0.39, 0.29) is 29.8 Å². The number of nitrogens with zero attached hydrogens (tertiary/aromatic N) is 1. The monoisotopic (exact) mass is 317 g/mol. The van der Waals surface area contributed by atoms with Crippen LogP contribution in [0.5, 0.6) is 0 Å². The number of hydrogen-bond donors (Lipinski definition) is 2. The third-order valence-electron chi connectivity index (χ3n) is 3.69. The lowest BCUT2D eigenvalue weighted by Crippen LogP contribution is -2.53. The maximum Gasteiger partial charge on any atom is 0.263 e. The molecule has 1 saturated heterocycles. The van der Waals surface area contributed by atoms with E-state index in [0.29, 0.717) is 23.5 Å². The van der Waals surface area contributed by atoms with Crippen LogP contribution in [0.3, 0.4) is 0 Å². The van der Waals surface area contributed by atoms with Gasteiger partial charge in [-0.25, -0.2) is 0 Å². The number of carbonyl (C=O) groups excluding carboxylic acids is 2. The molecular weight excluding hydrogens is 298 g/mol.